The van der Waals surface area contributed by atoms with Gasteiger partial charge >= 0.3 is 12.4 Å². The second-order valence-corrected chi connectivity index (χ2v) is 7.92. The SMILES string of the molecule is COC(c1cnc(NCCNS(=O)(=O)C2=CC=CCC2)nc1)(C(F)(F)F)C(F)(F)F. The van der Waals surface area contributed by atoms with Crippen LogP contribution < -0.4 is 10.0 Å². The van der Waals surface area contributed by atoms with Crippen molar-refractivity contribution in [3.05, 3.63) is 41.1 Å². The van der Waals surface area contributed by atoms with Gasteiger partial charge < -0.3 is 10.1 Å². The molecule has 1 aromatic heterocycles. The minimum absolute atomic E-state index is 0.0599. The Morgan fingerprint density at radius 3 is 2.13 bits per heavy atom. The minimum Gasteiger partial charge on any atom is -0.357 e. The van der Waals surface area contributed by atoms with Gasteiger partial charge in [-0.1, -0.05) is 12.2 Å². The monoisotopic (exact) mass is 460 g/mol. The summed E-state index contributed by atoms with van der Waals surface area (Å²) in [5.41, 5.74) is -5.91. The van der Waals surface area contributed by atoms with Crippen molar-refractivity contribution >= 4 is 16.0 Å². The zero-order chi connectivity index (χ0) is 22.6. The molecule has 7 nitrogen and oxygen atoms in total. The fourth-order valence-electron chi connectivity index (χ4n) is 2.70. The van der Waals surface area contributed by atoms with E-state index in [0.29, 0.717) is 25.2 Å². The highest BCUT2D eigenvalue weighted by molar-refractivity contribution is 7.93. The van der Waals surface area contributed by atoms with Crippen molar-refractivity contribution < 1.29 is 39.5 Å². The molecule has 0 unspecified atom stereocenters. The minimum atomic E-state index is -5.81. The second-order valence-electron chi connectivity index (χ2n) is 6.10. The van der Waals surface area contributed by atoms with Crippen molar-refractivity contribution in [3.63, 3.8) is 0 Å². The third-order valence-corrected chi connectivity index (χ3v) is 5.80. The summed E-state index contributed by atoms with van der Waals surface area (Å²) in [7, 11) is -3.40. The maximum Gasteiger partial charge on any atom is 0.430 e. The van der Waals surface area contributed by atoms with Crippen molar-refractivity contribution in [2.45, 2.75) is 30.8 Å². The molecular weight excluding hydrogens is 442 g/mol. The van der Waals surface area contributed by atoms with E-state index >= 15 is 0 Å². The number of hydrogen-bond acceptors (Lipinski definition) is 6. The Bertz CT molecular complexity index is 881. The summed E-state index contributed by atoms with van der Waals surface area (Å²) in [5.74, 6) is -0.285. The first-order valence-electron chi connectivity index (χ1n) is 8.45. The lowest BCUT2D eigenvalue weighted by atomic mass is 9.94. The Balaban J connectivity index is 2.04. The summed E-state index contributed by atoms with van der Waals surface area (Å²) < 4.78 is 109. The summed E-state index contributed by atoms with van der Waals surface area (Å²) in [5, 5.41) is 2.51. The molecule has 0 saturated heterocycles. The first kappa shape index (κ1) is 24.1. The Labute approximate surface area is 168 Å². The largest absolute Gasteiger partial charge is 0.430 e. The predicted molar refractivity (Wildman–Crippen MR) is 94.7 cm³/mol. The summed E-state index contributed by atoms with van der Waals surface area (Å²) in [6.07, 6.45) is -5.07. The summed E-state index contributed by atoms with van der Waals surface area (Å²) >= 11 is 0. The maximum atomic E-state index is 13.2. The second kappa shape index (κ2) is 8.89. The standard InChI is InChI=1S/C16H18F6N4O3S/c1-29-14(15(17,18)19,16(20,21)22)11-9-24-13(25-10-11)23-7-8-26-30(27,28)12-5-3-2-4-6-12/h2-3,5,9-10,26H,4,6-8H2,1H3,(H,23,24,25). The average molecular weight is 460 g/mol. The topological polar surface area (TPSA) is 93.2 Å². The van der Waals surface area contributed by atoms with Gasteiger partial charge in [-0.05, 0) is 18.9 Å². The van der Waals surface area contributed by atoms with Crippen LogP contribution in [0, 0.1) is 0 Å². The van der Waals surface area contributed by atoms with Crippen LogP contribution >= 0.6 is 0 Å². The number of halogens is 6. The molecule has 0 spiro atoms. The van der Waals surface area contributed by atoms with Crippen LogP contribution in [0.5, 0.6) is 0 Å². The van der Waals surface area contributed by atoms with Gasteiger partial charge in [0.1, 0.15) is 0 Å². The van der Waals surface area contributed by atoms with Crippen LogP contribution in [0.2, 0.25) is 0 Å². The number of aromatic nitrogens is 2. The quantitative estimate of drug-likeness (QED) is 0.458. The van der Waals surface area contributed by atoms with Gasteiger partial charge in [0.05, 0.1) is 4.91 Å². The van der Waals surface area contributed by atoms with Gasteiger partial charge in [0, 0.05) is 38.2 Å². The molecule has 1 aliphatic rings. The number of sulfonamides is 1. The zero-order valence-corrected chi connectivity index (χ0v) is 16.3. The number of rotatable bonds is 8. The van der Waals surface area contributed by atoms with Crippen LogP contribution in [-0.4, -0.2) is 50.9 Å². The van der Waals surface area contributed by atoms with Gasteiger partial charge in [-0.3, -0.25) is 0 Å². The Kier molecular flexibility index (Phi) is 7.14. The predicted octanol–water partition coefficient (Wildman–Crippen LogP) is 3.01. The van der Waals surface area contributed by atoms with Crippen LogP contribution in [0.4, 0.5) is 32.3 Å². The smallest absolute Gasteiger partial charge is 0.357 e. The summed E-state index contributed by atoms with van der Waals surface area (Å²) in [4.78, 5) is 7.10. The molecule has 1 aliphatic carbocycles. The molecule has 2 N–H and O–H groups in total. The van der Waals surface area contributed by atoms with Crippen LogP contribution in [0.1, 0.15) is 18.4 Å². The Hall–Kier alpha value is -2.19. The molecule has 0 radical (unpaired) electrons. The molecule has 1 aromatic rings. The van der Waals surface area contributed by atoms with Crippen LogP contribution in [-0.2, 0) is 20.4 Å². The highest BCUT2D eigenvalue weighted by Gasteiger charge is 2.73. The van der Waals surface area contributed by atoms with Crippen LogP contribution in [0.15, 0.2) is 35.5 Å². The molecule has 2 rings (SSSR count). The van der Waals surface area contributed by atoms with E-state index in [9.17, 15) is 34.8 Å². The fraction of sp³-hybridized carbons (Fsp3) is 0.500. The Morgan fingerprint density at radius 2 is 1.67 bits per heavy atom. The van der Waals surface area contributed by atoms with Crippen molar-refractivity contribution in [1.29, 1.82) is 0 Å². The number of nitrogens with zero attached hydrogens (tertiary/aromatic N) is 2. The number of hydrogen-bond donors (Lipinski definition) is 2. The third-order valence-electron chi connectivity index (χ3n) is 4.18. The van der Waals surface area contributed by atoms with E-state index in [0.717, 1.165) is 0 Å². The van der Waals surface area contributed by atoms with E-state index in [-0.39, 0.29) is 31.1 Å². The van der Waals surface area contributed by atoms with Crippen molar-refractivity contribution in [3.8, 4) is 0 Å². The first-order valence-corrected chi connectivity index (χ1v) is 9.94. The van der Waals surface area contributed by atoms with E-state index in [1.807, 2.05) is 6.08 Å². The lowest BCUT2D eigenvalue weighted by Crippen LogP contribution is -2.55. The van der Waals surface area contributed by atoms with Crippen LogP contribution in [0.3, 0.4) is 0 Å². The number of nitrogens with one attached hydrogen (secondary N) is 2. The molecule has 0 bridgehead atoms. The third kappa shape index (κ3) is 4.92. The normalized spacial score (nSPS) is 15.8. The molecule has 0 atom stereocenters. The number of allylic oxidation sites excluding steroid dienone is 4. The zero-order valence-electron chi connectivity index (χ0n) is 15.5. The highest BCUT2D eigenvalue weighted by atomic mass is 32.2. The highest BCUT2D eigenvalue weighted by Crippen LogP contribution is 2.52. The molecule has 1 heterocycles. The molecule has 0 amide bonds. The van der Waals surface area contributed by atoms with Gasteiger partial charge in [0.2, 0.25) is 16.0 Å². The fourth-order valence-corrected chi connectivity index (χ4v) is 3.90. The van der Waals surface area contributed by atoms with Gasteiger partial charge in [0.15, 0.2) is 0 Å². The molecule has 0 saturated carbocycles. The molecule has 30 heavy (non-hydrogen) atoms. The van der Waals surface area contributed by atoms with Crippen LogP contribution in [0.25, 0.3) is 0 Å². The average Bonchev–Trinajstić information content (AvgIpc) is 2.66. The molecular formula is C16H18F6N4O3S. The molecule has 168 valence electrons. The van der Waals surface area contributed by atoms with Crippen molar-refractivity contribution in [2.24, 2.45) is 0 Å². The van der Waals surface area contributed by atoms with E-state index in [1.165, 1.54) is 6.08 Å². The van der Waals surface area contributed by atoms with E-state index in [2.05, 4.69) is 24.7 Å². The van der Waals surface area contributed by atoms with Gasteiger partial charge in [0.25, 0.3) is 5.60 Å². The number of anilines is 1. The molecule has 0 aromatic carbocycles. The van der Waals surface area contributed by atoms with Gasteiger partial charge in [-0.2, -0.15) is 26.3 Å². The lowest BCUT2D eigenvalue weighted by molar-refractivity contribution is -0.383. The maximum absolute atomic E-state index is 13.2. The van der Waals surface area contributed by atoms with Gasteiger partial charge in [-0.15, -0.1) is 0 Å². The van der Waals surface area contributed by atoms with E-state index < -0.39 is 33.5 Å². The van der Waals surface area contributed by atoms with Crippen molar-refractivity contribution in [2.75, 3.05) is 25.5 Å². The summed E-state index contributed by atoms with van der Waals surface area (Å²) in [6.45, 7) is -0.169. The molecule has 0 fully saturated rings. The first-order chi connectivity index (χ1) is 13.8. The molecule has 0 aliphatic heterocycles. The molecule has 14 heteroatoms. The van der Waals surface area contributed by atoms with E-state index in [4.69, 9.17) is 0 Å². The number of ether oxygens (including phenoxy) is 1. The lowest BCUT2D eigenvalue weighted by Gasteiger charge is -2.35. The Morgan fingerprint density at radius 1 is 1.07 bits per heavy atom. The number of methoxy groups -OCH3 is 1. The van der Waals surface area contributed by atoms with Crippen molar-refractivity contribution in [1.82, 2.24) is 14.7 Å². The van der Waals surface area contributed by atoms with E-state index in [1.54, 1.807) is 6.08 Å². The summed E-state index contributed by atoms with van der Waals surface area (Å²) in [6, 6.07) is 0. The number of alkyl halides is 6. The van der Waals surface area contributed by atoms with Gasteiger partial charge in [-0.25, -0.2) is 23.1 Å².